The number of aromatic nitrogens is 4. The summed E-state index contributed by atoms with van der Waals surface area (Å²) in [6.07, 6.45) is 2.21. The van der Waals surface area contributed by atoms with Gasteiger partial charge in [-0.2, -0.15) is 4.52 Å². The zero-order chi connectivity index (χ0) is 25.9. The van der Waals surface area contributed by atoms with Crippen molar-refractivity contribution >= 4 is 39.7 Å². The van der Waals surface area contributed by atoms with Gasteiger partial charge in [0.05, 0.1) is 18.0 Å². The van der Waals surface area contributed by atoms with Gasteiger partial charge < -0.3 is 20.2 Å². The van der Waals surface area contributed by atoms with Crippen LogP contribution in [0, 0.1) is 11.7 Å². The number of imidazole rings is 1. The van der Waals surface area contributed by atoms with Crippen molar-refractivity contribution in [2.24, 2.45) is 5.92 Å². The molecule has 0 spiro atoms. The van der Waals surface area contributed by atoms with Gasteiger partial charge in [-0.25, -0.2) is 14.4 Å². The summed E-state index contributed by atoms with van der Waals surface area (Å²) in [4.78, 5) is 26.1. The number of aliphatic hydroxyl groups is 1. The monoisotopic (exact) mass is 523 g/mol. The number of nitrogens with one attached hydrogen (secondary N) is 1. The molecule has 9 nitrogen and oxygen atoms in total. The lowest BCUT2D eigenvalue weighted by Gasteiger charge is -2.32. The quantitative estimate of drug-likeness (QED) is 0.364. The number of rotatable bonds is 8. The molecule has 2 N–H and O–H groups in total. The Labute approximate surface area is 218 Å². The first-order valence-corrected chi connectivity index (χ1v) is 13.3. The normalized spacial score (nSPS) is 14.3. The molecule has 37 heavy (non-hydrogen) atoms. The van der Waals surface area contributed by atoms with E-state index in [1.54, 1.807) is 12.1 Å². The largest absolute Gasteiger partial charge is 0.395 e. The molecule has 1 amide bonds. The zero-order valence-electron chi connectivity index (χ0n) is 20.9. The second-order valence-electron chi connectivity index (χ2n) is 9.05. The van der Waals surface area contributed by atoms with Crippen LogP contribution in [0.2, 0.25) is 0 Å². The maximum absolute atomic E-state index is 13.3. The van der Waals surface area contributed by atoms with Gasteiger partial charge in [-0.1, -0.05) is 6.92 Å². The van der Waals surface area contributed by atoms with Gasteiger partial charge in [-0.3, -0.25) is 4.79 Å². The average molecular weight is 524 g/mol. The van der Waals surface area contributed by atoms with E-state index in [0.29, 0.717) is 6.54 Å². The van der Waals surface area contributed by atoms with Gasteiger partial charge in [-0.05, 0) is 55.7 Å². The molecule has 5 rings (SSSR count). The summed E-state index contributed by atoms with van der Waals surface area (Å²) in [6.45, 7) is 3.76. The Morgan fingerprint density at radius 1 is 1.19 bits per heavy atom. The fraction of sp³-hybridized carbons (Fsp3) is 0.385. The molecule has 1 aliphatic heterocycles. The van der Waals surface area contributed by atoms with Crippen LogP contribution in [-0.2, 0) is 11.2 Å². The number of carbonyl (C=O) groups is 1. The molecule has 11 heteroatoms. The Balaban J connectivity index is 1.39. The SMILES string of the molecule is CCc1nc2ccc(N3CCC(C(=O)NCCO)CC3)nn2c1N(C)c1nc(-c2ccc(F)cc2)cs1. The molecule has 0 atom stereocenters. The molecule has 0 unspecified atom stereocenters. The number of fused-ring (bicyclic) bond motifs is 1. The van der Waals surface area contributed by atoms with Gasteiger partial charge >= 0.3 is 0 Å². The third kappa shape index (κ3) is 5.14. The van der Waals surface area contributed by atoms with Gasteiger partial charge in [-0.15, -0.1) is 16.4 Å². The van der Waals surface area contributed by atoms with Gasteiger partial charge in [0, 0.05) is 43.5 Å². The summed E-state index contributed by atoms with van der Waals surface area (Å²) in [7, 11) is 1.96. The van der Waals surface area contributed by atoms with Crippen molar-refractivity contribution in [2.75, 3.05) is 43.1 Å². The average Bonchev–Trinajstić information content (AvgIpc) is 3.57. The maximum atomic E-state index is 13.3. The minimum Gasteiger partial charge on any atom is -0.395 e. The first-order chi connectivity index (χ1) is 18.0. The predicted molar refractivity (Wildman–Crippen MR) is 143 cm³/mol. The Bertz CT molecular complexity index is 1380. The lowest BCUT2D eigenvalue weighted by molar-refractivity contribution is -0.125. The summed E-state index contributed by atoms with van der Waals surface area (Å²) in [5, 5.41) is 19.4. The third-order valence-electron chi connectivity index (χ3n) is 6.68. The molecule has 1 fully saturated rings. The summed E-state index contributed by atoms with van der Waals surface area (Å²) in [5.41, 5.74) is 3.33. The van der Waals surface area contributed by atoms with Crippen LogP contribution in [-0.4, -0.2) is 63.9 Å². The van der Waals surface area contributed by atoms with Gasteiger partial charge in [0.15, 0.2) is 16.6 Å². The molecular weight excluding hydrogens is 493 g/mol. The first-order valence-electron chi connectivity index (χ1n) is 12.5. The highest BCUT2D eigenvalue weighted by molar-refractivity contribution is 7.14. The van der Waals surface area contributed by atoms with E-state index < -0.39 is 0 Å². The zero-order valence-corrected chi connectivity index (χ0v) is 21.7. The van der Waals surface area contributed by atoms with Crippen molar-refractivity contribution in [1.29, 1.82) is 0 Å². The van der Waals surface area contributed by atoms with E-state index >= 15 is 0 Å². The Morgan fingerprint density at radius 3 is 2.65 bits per heavy atom. The molecule has 4 heterocycles. The molecule has 1 aliphatic rings. The molecule has 194 valence electrons. The number of carbonyl (C=O) groups excluding carboxylic acids is 1. The highest BCUT2D eigenvalue weighted by Gasteiger charge is 2.26. The van der Waals surface area contributed by atoms with Gasteiger partial charge in [0.1, 0.15) is 11.6 Å². The third-order valence-corrected chi connectivity index (χ3v) is 7.60. The number of aliphatic hydroxyl groups excluding tert-OH is 1. The molecule has 0 radical (unpaired) electrons. The number of hydrogen-bond donors (Lipinski definition) is 2. The standard InChI is InChI=1S/C26H30FN7O2S/c1-3-20-25(32(2)26-30-21(16-37-26)17-4-6-19(27)7-5-17)34-22(29-20)8-9-23(31-34)33-13-10-18(11-14-33)24(36)28-12-15-35/h4-9,16,18,35H,3,10-15H2,1-2H3,(H,28,36). The van der Waals surface area contributed by atoms with Crippen LogP contribution in [0.3, 0.4) is 0 Å². The number of amides is 1. The molecule has 0 aliphatic carbocycles. The summed E-state index contributed by atoms with van der Waals surface area (Å²) in [5.74, 6) is 1.38. The van der Waals surface area contributed by atoms with Crippen LogP contribution in [0.25, 0.3) is 16.9 Å². The topological polar surface area (TPSA) is 98.9 Å². The lowest BCUT2D eigenvalue weighted by atomic mass is 9.96. The molecule has 1 aromatic carbocycles. The second-order valence-corrected chi connectivity index (χ2v) is 9.89. The Morgan fingerprint density at radius 2 is 1.95 bits per heavy atom. The van der Waals surface area contributed by atoms with E-state index in [9.17, 15) is 9.18 Å². The van der Waals surface area contributed by atoms with E-state index in [0.717, 1.165) is 71.7 Å². The Kier molecular flexibility index (Phi) is 7.33. The van der Waals surface area contributed by atoms with Crippen LogP contribution in [0.15, 0.2) is 41.8 Å². The number of anilines is 3. The molecule has 4 aromatic rings. The van der Waals surface area contributed by atoms with Crippen LogP contribution < -0.4 is 15.1 Å². The van der Waals surface area contributed by atoms with E-state index in [1.807, 2.05) is 34.0 Å². The highest BCUT2D eigenvalue weighted by atomic mass is 32.1. The highest BCUT2D eigenvalue weighted by Crippen LogP contribution is 2.34. The minimum absolute atomic E-state index is 0.00618. The first kappa shape index (κ1) is 25.1. The number of halogens is 1. The summed E-state index contributed by atoms with van der Waals surface area (Å²) >= 11 is 1.51. The molecule has 1 saturated heterocycles. The van der Waals surface area contributed by atoms with E-state index in [2.05, 4.69) is 17.1 Å². The molecular formula is C26H30FN7O2S. The number of thiazole rings is 1. The fourth-order valence-electron chi connectivity index (χ4n) is 4.66. The fourth-order valence-corrected chi connectivity index (χ4v) is 5.46. The van der Waals surface area contributed by atoms with Crippen molar-refractivity contribution in [3.63, 3.8) is 0 Å². The van der Waals surface area contributed by atoms with Gasteiger partial charge in [0.25, 0.3) is 0 Å². The summed E-state index contributed by atoms with van der Waals surface area (Å²) in [6, 6.07) is 10.3. The Hall–Kier alpha value is -3.57. The smallest absolute Gasteiger partial charge is 0.223 e. The number of nitrogens with zero attached hydrogens (tertiary/aromatic N) is 6. The lowest BCUT2D eigenvalue weighted by Crippen LogP contribution is -2.41. The predicted octanol–water partition coefficient (Wildman–Crippen LogP) is 3.65. The number of aryl methyl sites for hydroxylation is 1. The van der Waals surface area contributed by atoms with Crippen LogP contribution in [0.1, 0.15) is 25.5 Å². The van der Waals surface area contributed by atoms with E-state index in [4.69, 9.17) is 20.2 Å². The molecule has 3 aromatic heterocycles. The molecule has 0 bridgehead atoms. The summed E-state index contributed by atoms with van der Waals surface area (Å²) < 4.78 is 15.2. The van der Waals surface area contributed by atoms with Crippen molar-refractivity contribution in [1.82, 2.24) is 24.9 Å². The number of benzene rings is 1. The number of piperidine rings is 1. The van der Waals surface area contributed by atoms with Crippen molar-refractivity contribution < 1.29 is 14.3 Å². The van der Waals surface area contributed by atoms with Gasteiger partial charge in [0.2, 0.25) is 5.91 Å². The van der Waals surface area contributed by atoms with Crippen molar-refractivity contribution in [3.05, 3.63) is 53.3 Å². The minimum atomic E-state index is -0.272. The molecule has 0 saturated carbocycles. The van der Waals surface area contributed by atoms with Crippen LogP contribution >= 0.6 is 11.3 Å². The van der Waals surface area contributed by atoms with E-state index in [-0.39, 0.29) is 24.2 Å². The maximum Gasteiger partial charge on any atom is 0.223 e. The van der Waals surface area contributed by atoms with E-state index in [1.165, 1.54) is 23.5 Å². The van der Waals surface area contributed by atoms with Crippen molar-refractivity contribution in [2.45, 2.75) is 26.2 Å². The second kappa shape index (κ2) is 10.8. The number of hydrogen-bond acceptors (Lipinski definition) is 8. The van der Waals surface area contributed by atoms with Crippen LogP contribution in [0.5, 0.6) is 0 Å². The van der Waals surface area contributed by atoms with Crippen molar-refractivity contribution in [3.8, 4) is 11.3 Å². The van der Waals surface area contributed by atoms with Crippen LogP contribution in [0.4, 0.5) is 21.2 Å².